The standard InChI is InChI=1S/C46H72O9S/c1-31-16-18-35(19-17-31)56(47,48)52-27-11-12-32(2)36-20-21-37-44-38(30-40(46(36,37)4)55-43-15-7-10-26-51-43)45(3)23-22-34(53-41-13-5-8-24-49-41)28-33(45)29-39(44)54-42-14-6-9-25-50-42/h16-19,32-34,36-44H,5-15,20-30H2,1-4H3/t32-,33+,34-,36-,37+,38+,39-,40+,41?,42?,43?,44+,45+,46-/m1/s1. The first-order chi connectivity index (χ1) is 27.0. The van der Waals surface area contributed by atoms with Gasteiger partial charge in [0.15, 0.2) is 18.9 Å². The van der Waals surface area contributed by atoms with E-state index in [0.29, 0.717) is 41.9 Å². The lowest BCUT2D eigenvalue weighted by molar-refractivity contribution is -0.289. The molecule has 7 aliphatic rings. The zero-order valence-corrected chi connectivity index (χ0v) is 35.7. The smallest absolute Gasteiger partial charge is 0.296 e. The van der Waals surface area contributed by atoms with Crippen LogP contribution in [0.3, 0.4) is 0 Å². The van der Waals surface area contributed by atoms with Crippen molar-refractivity contribution in [3.05, 3.63) is 29.8 Å². The van der Waals surface area contributed by atoms with Gasteiger partial charge in [0, 0.05) is 25.2 Å². The number of rotatable bonds is 13. The second-order valence-electron chi connectivity index (χ2n) is 19.4. The molecule has 9 nitrogen and oxygen atoms in total. The van der Waals surface area contributed by atoms with Crippen LogP contribution in [0.5, 0.6) is 0 Å². The summed E-state index contributed by atoms with van der Waals surface area (Å²) in [7, 11) is -3.78. The molecule has 56 heavy (non-hydrogen) atoms. The first-order valence-electron chi connectivity index (χ1n) is 22.8. The first-order valence-corrected chi connectivity index (χ1v) is 24.2. The summed E-state index contributed by atoms with van der Waals surface area (Å²) >= 11 is 0. The van der Waals surface area contributed by atoms with Crippen molar-refractivity contribution in [2.24, 2.45) is 46.3 Å². The molecule has 4 saturated carbocycles. The molecule has 3 unspecified atom stereocenters. The molecule has 3 aliphatic heterocycles. The average molecular weight is 801 g/mol. The normalized spacial score (nSPS) is 42.3. The quantitative estimate of drug-likeness (QED) is 0.110. The molecule has 316 valence electrons. The number of aryl methyl sites for hydroxylation is 1. The molecule has 0 aromatic heterocycles. The number of benzene rings is 1. The summed E-state index contributed by atoms with van der Waals surface area (Å²) in [5.41, 5.74) is 1.16. The Labute approximate surface area is 338 Å². The van der Waals surface area contributed by atoms with E-state index in [2.05, 4.69) is 20.8 Å². The van der Waals surface area contributed by atoms with Crippen LogP contribution < -0.4 is 0 Å². The van der Waals surface area contributed by atoms with Gasteiger partial charge in [-0.3, -0.25) is 4.18 Å². The second kappa shape index (κ2) is 17.9. The third kappa shape index (κ3) is 8.71. The van der Waals surface area contributed by atoms with Gasteiger partial charge in [0.25, 0.3) is 10.1 Å². The van der Waals surface area contributed by atoms with Crippen molar-refractivity contribution in [1.29, 1.82) is 0 Å². The van der Waals surface area contributed by atoms with Gasteiger partial charge in [-0.1, -0.05) is 38.5 Å². The molecule has 1 aromatic carbocycles. The van der Waals surface area contributed by atoms with Gasteiger partial charge in [0.2, 0.25) is 0 Å². The monoisotopic (exact) mass is 800 g/mol. The van der Waals surface area contributed by atoms with Gasteiger partial charge in [-0.15, -0.1) is 0 Å². The molecule has 7 fully saturated rings. The maximum atomic E-state index is 13.0. The van der Waals surface area contributed by atoms with Crippen molar-refractivity contribution in [3.8, 4) is 0 Å². The molecule has 8 rings (SSSR count). The Morgan fingerprint density at radius 3 is 2.04 bits per heavy atom. The summed E-state index contributed by atoms with van der Waals surface area (Å²) in [5, 5.41) is 0. The maximum absolute atomic E-state index is 13.0. The Morgan fingerprint density at radius 2 is 1.39 bits per heavy atom. The van der Waals surface area contributed by atoms with Crippen molar-refractivity contribution in [2.45, 2.75) is 185 Å². The molecule has 0 spiro atoms. The zero-order chi connectivity index (χ0) is 38.9. The summed E-state index contributed by atoms with van der Waals surface area (Å²) in [6.07, 6.45) is 19.4. The minimum Gasteiger partial charge on any atom is -0.353 e. The molecule has 0 radical (unpaired) electrons. The summed E-state index contributed by atoms with van der Waals surface area (Å²) in [6.45, 7) is 12.1. The molecule has 14 atom stereocenters. The molecule has 4 aliphatic carbocycles. The van der Waals surface area contributed by atoms with Crippen molar-refractivity contribution >= 4 is 10.1 Å². The molecule has 1 aromatic rings. The van der Waals surface area contributed by atoms with Gasteiger partial charge >= 0.3 is 0 Å². The summed E-state index contributed by atoms with van der Waals surface area (Å²) in [5.74, 6) is 2.76. The number of ether oxygens (including phenoxy) is 6. The highest BCUT2D eigenvalue weighted by Crippen LogP contribution is 2.69. The minimum absolute atomic E-state index is 0.0485. The number of hydrogen-bond acceptors (Lipinski definition) is 9. The Balaban J connectivity index is 1.03. The van der Waals surface area contributed by atoms with Gasteiger partial charge in [-0.05, 0) is 176 Å². The van der Waals surface area contributed by atoms with E-state index in [1.165, 1.54) is 19.3 Å². The molecule has 3 saturated heterocycles. The van der Waals surface area contributed by atoms with Crippen LogP contribution in [0.15, 0.2) is 29.2 Å². The van der Waals surface area contributed by atoms with E-state index in [1.807, 2.05) is 19.1 Å². The first kappa shape index (κ1) is 41.6. The zero-order valence-electron chi connectivity index (χ0n) is 34.9. The van der Waals surface area contributed by atoms with Gasteiger partial charge in [0.1, 0.15) is 0 Å². The molecule has 3 heterocycles. The van der Waals surface area contributed by atoms with Crippen molar-refractivity contribution in [2.75, 3.05) is 26.4 Å². The van der Waals surface area contributed by atoms with Crippen LogP contribution in [0.25, 0.3) is 0 Å². The predicted molar refractivity (Wildman–Crippen MR) is 214 cm³/mol. The van der Waals surface area contributed by atoms with E-state index in [9.17, 15) is 8.42 Å². The fourth-order valence-corrected chi connectivity index (χ4v) is 14.1. The Morgan fingerprint density at radius 1 is 0.750 bits per heavy atom. The van der Waals surface area contributed by atoms with Crippen molar-refractivity contribution in [1.82, 2.24) is 0 Å². The van der Waals surface area contributed by atoms with Crippen LogP contribution in [0.4, 0.5) is 0 Å². The SMILES string of the molecule is Cc1ccc(S(=O)(=O)OCCC[C@@H](C)[C@H]2CC[C@H]3[C@@H]4[C@H](OC5CCCCO5)C[C@@H]5C[C@H](OC6CCCCO6)CC[C@]5(C)[C@H]4C[C@H](OC4CCCCO4)[C@]23C)cc1. The molecule has 0 amide bonds. The van der Waals surface area contributed by atoms with E-state index in [-0.39, 0.29) is 59.5 Å². The van der Waals surface area contributed by atoms with E-state index in [0.717, 1.165) is 115 Å². The van der Waals surface area contributed by atoms with E-state index in [1.54, 1.807) is 12.1 Å². The molecular formula is C46H72O9S. The molecule has 10 heteroatoms. The third-order valence-corrected chi connectivity index (χ3v) is 17.5. The van der Waals surface area contributed by atoms with Crippen LogP contribution in [0, 0.1) is 53.3 Å². The highest BCUT2D eigenvalue weighted by Gasteiger charge is 2.67. The number of fused-ring (bicyclic) bond motifs is 5. The summed E-state index contributed by atoms with van der Waals surface area (Å²) in [4.78, 5) is 0.224. The molecule has 0 N–H and O–H groups in total. The van der Waals surface area contributed by atoms with Crippen molar-refractivity contribution < 1.29 is 41.0 Å². The van der Waals surface area contributed by atoms with Gasteiger partial charge < -0.3 is 28.4 Å². The molecular weight excluding hydrogens is 729 g/mol. The summed E-state index contributed by atoms with van der Waals surface area (Å²) < 4.78 is 71.5. The highest BCUT2D eigenvalue weighted by atomic mass is 32.2. The minimum atomic E-state index is -3.78. The average Bonchev–Trinajstić information content (AvgIpc) is 3.57. The van der Waals surface area contributed by atoms with Gasteiger partial charge in [-0.2, -0.15) is 8.42 Å². The second-order valence-corrected chi connectivity index (χ2v) is 21.1. The topological polar surface area (TPSA) is 98.8 Å². The van der Waals surface area contributed by atoms with E-state index in [4.69, 9.17) is 32.6 Å². The van der Waals surface area contributed by atoms with Crippen molar-refractivity contribution in [3.63, 3.8) is 0 Å². The largest absolute Gasteiger partial charge is 0.353 e. The molecule has 0 bridgehead atoms. The van der Waals surface area contributed by atoms with Crippen LogP contribution in [0.2, 0.25) is 0 Å². The summed E-state index contributed by atoms with van der Waals surface area (Å²) in [6, 6.07) is 6.91. The lowest BCUT2D eigenvalue weighted by atomic mass is 9.43. The third-order valence-electron chi connectivity index (χ3n) is 16.2. The lowest BCUT2D eigenvalue weighted by Gasteiger charge is -2.65. The Kier molecular flexibility index (Phi) is 13.3. The Hall–Kier alpha value is -1.11. The fourth-order valence-electron chi connectivity index (χ4n) is 13.1. The van der Waals surface area contributed by atoms with Crippen LogP contribution in [0.1, 0.15) is 142 Å². The lowest BCUT2D eigenvalue weighted by Crippen LogP contribution is -2.64. The van der Waals surface area contributed by atoms with E-state index < -0.39 is 10.1 Å². The predicted octanol–water partition coefficient (Wildman–Crippen LogP) is 9.73. The maximum Gasteiger partial charge on any atom is 0.296 e. The Bertz CT molecular complexity index is 1520. The van der Waals surface area contributed by atoms with Crippen LogP contribution >= 0.6 is 0 Å². The highest BCUT2D eigenvalue weighted by molar-refractivity contribution is 7.86. The van der Waals surface area contributed by atoms with E-state index >= 15 is 0 Å². The van der Waals surface area contributed by atoms with Gasteiger partial charge in [0.05, 0.1) is 29.8 Å². The van der Waals surface area contributed by atoms with Crippen LogP contribution in [-0.4, -0.2) is 72.0 Å². The fraction of sp³-hybridized carbons (Fsp3) is 0.870. The van der Waals surface area contributed by atoms with Gasteiger partial charge in [-0.25, -0.2) is 0 Å². The number of hydrogen-bond donors (Lipinski definition) is 0. The van der Waals surface area contributed by atoms with Crippen LogP contribution in [-0.2, 0) is 42.7 Å².